The lowest BCUT2D eigenvalue weighted by Gasteiger charge is -2.16. The van der Waals surface area contributed by atoms with E-state index >= 15 is 0 Å². The third-order valence-corrected chi connectivity index (χ3v) is 2.81. The van der Waals surface area contributed by atoms with Gasteiger partial charge in [0.25, 0.3) is 5.69 Å². The Labute approximate surface area is 102 Å². The van der Waals surface area contributed by atoms with Gasteiger partial charge in [-0.25, -0.2) is 4.79 Å². The number of nitro benzene ring substituents is 1. The van der Waals surface area contributed by atoms with Gasteiger partial charge in [-0.05, 0) is 18.4 Å². The van der Waals surface area contributed by atoms with Crippen LogP contribution in [-0.4, -0.2) is 21.8 Å². The van der Waals surface area contributed by atoms with Crippen LogP contribution in [0.2, 0.25) is 0 Å². The second-order valence-corrected chi connectivity index (χ2v) is 3.91. The fourth-order valence-corrected chi connectivity index (χ4v) is 2.04. The first kappa shape index (κ1) is 12.0. The van der Waals surface area contributed by atoms with Crippen molar-refractivity contribution in [1.82, 2.24) is 0 Å². The van der Waals surface area contributed by atoms with Crippen molar-refractivity contribution in [2.45, 2.75) is 12.8 Å². The molecule has 0 bridgehead atoms. The largest absolute Gasteiger partial charge is 0.478 e. The molecular weight excluding hydrogens is 238 g/mol. The van der Waals surface area contributed by atoms with E-state index in [-0.39, 0.29) is 16.8 Å². The summed E-state index contributed by atoms with van der Waals surface area (Å²) in [5.41, 5.74) is 0.441. The highest BCUT2D eigenvalue weighted by Crippen LogP contribution is 2.31. The van der Waals surface area contributed by atoms with Gasteiger partial charge in [0.05, 0.1) is 4.92 Å². The van der Waals surface area contributed by atoms with E-state index in [9.17, 15) is 19.7 Å². The van der Waals surface area contributed by atoms with Crippen molar-refractivity contribution in [1.29, 1.82) is 0 Å². The Morgan fingerprint density at radius 2 is 2.11 bits per heavy atom. The van der Waals surface area contributed by atoms with Gasteiger partial charge in [-0.3, -0.25) is 14.9 Å². The second-order valence-electron chi connectivity index (χ2n) is 3.91. The zero-order chi connectivity index (χ0) is 13.3. The molecule has 0 saturated heterocycles. The Bertz CT molecular complexity index is 588. The molecule has 0 saturated carbocycles. The molecule has 1 aliphatic carbocycles. The molecule has 1 aromatic rings. The number of carbonyl (C=O) groups excluding carboxylic acids is 1. The Morgan fingerprint density at radius 3 is 2.72 bits per heavy atom. The number of carbonyl (C=O) groups is 2. The monoisotopic (exact) mass is 247 g/mol. The number of carboxylic acids is 1. The standard InChI is InChI=1S/C12H9NO5/c14-10(15)6-8-5-4-7-2-1-3-9(13(17)18)11(7)12(8)16/h1-3,6H,4-5H2,(H,14,15). The third-order valence-electron chi connectivity index (χ3n) is 2.81. The van der Waals surface area contributed by atoms with Crippen LogP contribution in [0.15, 0.2) is 29.8 Å². The van der Waals surface area contributed by atoms with Crippen molar-refractivity contribution in [2.75, 3.05) is 0 Å². The van der Waals surface area contributed by atoms with Crippen LogP contribution in [0.5, 0.6) is 0 Å². The fraction of sp³-hybridized carbons (Fsp3) is 0.167. The number of allylic oxidation sites excluding steroid dienone is 1. The van der Waals surface area contributed by atoms with E-state index in [0.717, 1.165) is 6.08 Å². The van der Waals surface area contributed by atoms with Gasteiger partial charge >= 0.3 is 5.97 Å². The molecule has 0 fully saturated rings. The number of aliphatic carboxylic acids is 1. The van der Waals surface area contributed by atoms with Crippen molar-refractivity contribution in [3.05, 3.63) is 51.1 Å². The molecule has 1 aromatic carbocycles. The van der Waals surface area contributed by atoms with Crippen molar-refractivity contribution in [3.8, 4) is 0 Å². The fourth-order valence-electron chi connectivity index (χ4n) is 2.04. The summed E-state index contributed by atoms with van der Waals surface area (Å²) in [6.07, 6.45) is 1.54. The van der Waals surface area contributed by atoms with E-state index in [0.29, 0.717) is 18.4 Å². The second kappa shape index (κ2) is 4.40. The van der Waals surface area contributed by atoms with Crippen LogP contribution in [0.25, 0.3) is 0 Å². The normalized spacial score (nSPS) is 16.4. The molecule has 0 aromatic heterocycles. The van der Waals surface area contributed by atoms with Crippen molar-refractivity contribution < 1.29 is 19.6 Å². The minimum atomic E-state index is -1.22. The van der Waals surface area contributed by atoms with Crippen LogP contribution in [-0.2, 0) is 11.2 Å². The average molecular weight is 247 g/mol. The first-order chi connectivity index (χ1) is 8.50. The van der Waals surface area contributed by atoms with E-state index < -0.39 is 16.7 Å². The summed E-state index contributed by atoms with van der Waals surface area (Å²) in [7, 11) is 0. The number of rotatable bonds is 2. The summed E-state index contributed by atoms with van der Waals surface area (Å²) < 4.78 is 0. The molecule has 18 heavy (non-hydrogen) atoms. The molecule has 0 amide bonds. The Kier molecular flexibility index (Phi) is 2.93. The van der Waals surface area contributed by atoms with Gasteiger partial charge in [-0.15, -0.1) is 0 Å². The maximum absolute atomic E-state index is 12.0. The minimum absolute atomic E-state index is 0.0150. The van der Waals surface area contributed by atoms with Crippen LogP contribution in [0.3, 0.4) is 0 Å². The van der Waals surface area contributed by atoms with Gasteiger partial charge < -0.3 is 5.11 Å². The van der Waals surface area contributed by atoms with Crippen LogP contribution in [0, 0.1) is 10.1 Å². The molecule has 92 valence electrons. The van der Waals surface area contributed by atoms with Gasteiger partial charge in [-0.2, -0.15) is 0 Å². The molecule has 0 unspecified atom stereocenters. The zero-order valence-electron chi connectivity index (χ0n) is 9.25. The maximum atomic E-state index is 12.0. The van der Waals surface area contributed by atoms with E-state index in [1.54, 1.807) is 6.07 Å². The highest BCUT2D eigenvalue weighted by molar-refractivity contribution is 6.15. The predicted molar refractivity (Wildman–Crippen MR) is 61.5 cm³/mol. The Balaban J connectivity index is 2.58. The predicted octanol–water partition coefficient (Wildman–Crippen LogP) is 1.73. The number of benzene rings is 1. The number of hydrogen-bond donors (Lipinski definition) is 1. The van der Waals surface area contributed by atoms with Gasteiger partial charge in [0.15, 0.2) is 5.78 Å². The number of Topliss-reactive ketones (excluding diaryl/α,β-unsaturated/α-hetero) is 1. The highest BCUT2D eigenvalue weighted by Gasteiger charge is 2.29. The minimum Gasteiger partial charge on any atom is -0.478 e. The number of fused-ring (bicyclic) bond motifs is 1. The number of nitrogens with zero attached hydrogens (tertiary/aromatic N) is 1. The average Bonchev–Trinajstić information content (AvgIpc) is 2.31. The molecule has 0 spiro atoms. The number of ketones is 1. The molecule has 6 heteroatoms. The summed E-state index contributed by atoms with van der Waals surface area (Å²) in [5, 5.41) is 19.5. The summed E-state index contributed by atoms with van der Waals surface area (Å²) in [6.45, 7) is 0. The summed E-state index contributed by atoms with van der Waals surface area (Å²) >= 11 is 0. The zero-order valence-corrected chi connectivity index (χ0v) is 9.25. The van der Waals surface area contributed by atoms with Crippen LogP contribution < -0.4 is 0 Å². The highest BCUT2D eigenvalue weighted by atomic mass is 16.6. The van der Waals surface area contributed by atoms with E-state index in [1.165, 1.54) is 12.1 Å². The van der Waals surface area contributed by atoms with Crippen molar-refractivity contribution in [3.63, 3.8) is 0 Å². The summed E-state index contributed by atoms with van der Waals surface area (Å²) in [6, 6.07) is 4.42. The maximum Gasteiger partial charge on any atom is 0.328 e. The van der Waals surface area contributed by atoms with Crippen LogP contribution in [0.1, 0.15) is 22.3 Å². The number of hydrogen-bond acceptors (Lipinski definition) is 4. The molecular formula is C12H9NO5. The number of aryl methyl sites for hydroxylation is 1. The lowest BCUT2D eigenvalue weighted by atomic mass is 9.85. The molecule has 2 rings (SSSR count). The van der Waals surface area contributed by atoms with Gasteiger partial charge in [-0.1, -0.05) is 12.1 Å². The molecule has 0 radical (unpaired) electrons. The van der Waals surface area contributed by atoms with E-state index in [2.05, 4.69) is 0 Å². The van der Waals surface area contributed by atoms with E-state index in [1.807, 2.05) is 0 Å². The lowest BCUT2D eigenvalue weighted by Crippen LogP contribution is -2.17. The first-order valence-electron chi connectivity index (χ1n) is 5.25. The quantitative estimate of drug-likeness (QED) is 0.487. The van der Waals surface area contributed by atoms with Crippen molar-refractivity contribution >= 4 is 17.4 Å². The number of nitro groups is 1. The number of carboxylic acid groups (broad SMARTS) is 1. The Hall–Kier alpha value is -2.50. The molecule has 0 atom stereocenters. The molecule has 1 aliphatic rings. The molecule has 0 heterocycles. The van der Waals surface area contributed by atoms with Gasteiger partial charge in [0, 0.05) is 17.7 Å². The Morgan fingerprint density at radius 1 is 1.39 bits per heavy atom. The van der Waals surface area contributed by atoms with E-state index in [4.69, 9.17) is 5.11 Å². The van der Waals surface area contributed by atoms with Gasteiger partial charge in [0.2, 0.25) is 0 Å². The summed E-state index contributed by atoms with van der Waals surface area (Å²) in [5.74, 6) is -1.79. The van der Waals surface area contributed by atoms with Gasteiger partial charge in [0.1, 0.15) is 5.56 Å². The van der Waals surface area contributed by atoms with Crippen LogP contribution >= 0.6 is 0 Å². The van der Waals surface area contributed by atoms with Crippen LogP contribution in [0.4, 0.5) is 5.69 Å². The smallest absolute Gasteiger partial charge is 0.328 e. The molecule has 0 aliphatic heterocycles. The molecule has 6 nitrogen and oxygen atoms in total. The first-order valence-corrected chi connectivity index (χ1v) is 5.25. The topological polar surface area (TPSA) is 97.5 Å². The summed E-state index contributed by atoms with van der Waals surface area (Å²) in [4.78, 5) is 32.9. The SMILES string of the molecule is O=C(O)C=C1CCc2cccc([N+](=O)[O-])c2C1=O. The van der Waals surface area contributed by atoms with Crippen molar-refractivity contribution in [2.24, 2.45) is 0 Å². The molecule has 1 N–H and O–H groups in total. The third kappa shape index (κ3) is 2.00. The lowest BCUT2D eigenvalue weighted by molar-refractivity contribution is -0.385.